The molecule has 3 rings (SSSR count). The average molecular weight is 380 g/mol. The SMILES string of the molecule is CC(C)[C@H](NC(=O)Cn1ccc2ccc(OCc3ccccc3)cc21)C(=O)O. The van der Waals surface area contributed by atoms with E-state index < -0.39 is 12.0 Å². The Balaban J connectivity index is 1.71. The summed E-state index contributed by atoms with van der Waals surface area (Å²) >= 11 is 0. The number of nitrogens with zero attached hydrogens (tertiary/aromatic N) is 1. The number of aliphatic carboxylic acids is 1. The highest BCUT2D eigenvalue weighted by Crippen LogP contribution is 2.23. The van der Waals surface area contributed by atoms with Gasteiger partial charge in [0.15, 0.2) is 0 Å². The molecular formula is C22H24N2O4. The molecule has 2 N–H and O–H groups in total. The first kappa shape index (κ1) is 19.5. The fourth-order valence-electron chi connectivity index (χ4n) is 3.02. The zero-order chi connectivity index (χ0) is 20.1. The normalized spacial score (nSPS) is 12.1. The standard InChI is InChI=1S/C22H24N2O4/c1-15(2)21(22(26)27)23-20(25)13-24-11-10-17-8-9-18(12-19(17)24)28-14-16-6-4-3-5-7-16/h3-12,15,21H,13-14H2,1-2H3,(H,23,25)(H,26,27)/t21-/m0/s1. The van der Waals surface area contributed by atoms with E-state index in [0.717, 1.165) is 16.5 Å². The highest BCUT2D eigenvalue weighted by Gasteiger charge is 2.23. The highest BCUT2D eigenvalue weighted by atomic mass is 16.5. The molecule has 0 aliphatic rings. The summed E-state index contributed by atoms with van der Waals surface area (Å²) in [6.45, 7) is 4.03. The number of carbonyl (C=O) groups is 2. The van der Waals surface area contributed by atoms with E-state index in [4.69, 9.17) is 4.74 Å². The van der Waals surface area contributed by atoms with Gasteiger partial charge >= 0.3 is 5.97 Å². The molecule has 6 nitrogen and oxygen atoms in total. The minimum absolute atomic E-state index is 0.0438. The molecule has 0 fully saturated rings. The molecule has 0 unspecified atom stereocenters. The molecule has 1 atom stereocenters. The van der Waals surface area contributed by atoms with Gasteiger partial charge in [0.2, 0.25) is 5.91 Å². The lowest BCUT2D eigenvalue weighted by atomic mass is 10.1. The van der Waals surface area contributed by atoms with Crippen molar-refractivity contribution in [3.05, 3.63) is 66.4 Å². The second kappa shape index (κ2) is 8.61. The molecule has 3 aromatic rings. The van der Waals surface area contributed by atoms with Crippen molar-refractivity contribution >= 4 is 22.8 Å². The van der Waals surface area contributed by atoms with Crippen molar-refractivity contribution < 1.29 is 19.4 Å². The van der Waals surface area contributed by atoms with Crippen LogP contribution in [0.25, 0.3) is 10.9 Å². The molecule has 1 amide bonds. The lowest BCUT2D eigenvalue weighted by Crippen LogP contribution is -2.45. The third-order valence-corrected chi connectivity index (χ3v) is 4.56. The minimum Gasteiger partial charge on any atom is -0.489 e. The van der Waals surface area contributed by atoms with Crippen LogP contribution in [-0.4, -0.2) is 27.6 Å². The van der Waals surface area contributed by atoms with Crippen LogP contribution in [0, 0.1) is 5.92 Å². The van der Waals surface area contributed by atoms with Gasteiger partial charge in [-0.2, -0.15) is 0 Å². The molecule has 1 heterocycles. The van der Waals surface area contributed by atoms with Gasteiger partial charge in [-0.1, -0.05) is 44.2 Å². The van der Waals surface area contributed by atoms with Crippen LogP contribution in [0.2, 0.25) is 0 Å². The topological polar surface area (TPSA) is 80.6 Å². The summed E-state index contributed by atoms with van der Waals surface area (Å²) in [5.41, 5.74) is 1.93. The average Bonchev–Trinajstić information content (AvgIpc) is 3.07. The maximum atomic E-state index is 12.3. The summed E-state index contributed by atoms with van der Waals surface area (Å²) in [5, 5.41) is 12.8. The van der Waals surface area contributed by atoms with Crippen molar-refractivity contribution in [3.8, 4) is 5.75 Å². The Labute approximate surface area is 163 Å². The van der Waals surface area contributed by atoms with Crippen LogP contribution in [0.5, 0.6) is 5.75 Å². The van der Waals surface area contributed by atoms with Crippen LogP contribution < -0.4 is 10.1 Å². The maximum Gasteiger partial charge on any atom is 0.326 e. The van der Waals surface area contributed by atoms with Crippen LogP contribution in [0.3, 0.4) is 0 Å². The largest absolute Gasteiger partial charge is 0.489 e. The summed E-state index contributed by atoms with van der Waals surface area (Å²) in [4.78, 5) is 23.6. The Hall–Kier alpha value is -3.28. The number of benzene rings is 2. The number of nitrogens with one attached hydrogen (secondary N) is 1. The van der Waals surface area contributed by atoms with Crippen molar-refractivity contribution in [1.29, 1.82) is 0 Å². The quantitative estimate of drug-likeness (QED) is 0.627. The molecule has 0 spiro atoms. The predicted molar refractivity (Wildman–Crippen MR) is 107 cm³/mol. The maximum absolute atomic E-state index is 12.3. The van der Waals surface area contributed by atoms with Gasteiger partial charge in [0.25, 0.3) is 0 Å². The lowest BCUT2D eigenvalue weighted by molar-refractivity contribution is -0.143. The smallest absolute Gasteiger partial charge is 0.326 e. The fraction of sp³-hybridized carbons (Fsp3) is 0.273. The molecule has 0 aliphatic carbocycles. The van der Waals surface area contributed by atoms with E-state index in [1.807, 2.05) is 60.8 Å². The number of fused-ring (bicyclic) bond motifs is 1. The number of aromatic nitrogens is 1. The summed E-state index contributed by atoms with van der Waals surface area (Å²) in [6, 6.07) is 16.6. The molecule has 1 aromatic heterocycles. The summed E-state index contributed by atoms with van der Waals surface area (Å²) < 4.78 is 7.66. The number of carboxylic acids is 1. The van der Waals surface area contributed by atoms with Crippen LogP contribution in [0.15, 0.2) is 60.8 Å². The van der Waals surface area contributed by atoms with Gasteiger partial charge in [0, 0.05) is 12.3 Å². The van der Waals surface area contributed by atoms with Gasteiger partial charge in [-0.15, -0.1) is 0 Å². The minimum atomic E-state index is -1.03. The Morgan fingerprint density at radius 3 is 2.54 bits per heavy atom. The van der Waals surface area contributed by atoms with E-state index in [-0.39, 0.29) is 18.4 Å². The van der Waals surface area contributed by atoms with Crippen molar-refractivity contribution in [2.45, 2.75) is 33.0 Å². The Kier molecular flexibility index (Phi) is 5.99. The number of ether oxygens (including phenoxy) is 1. The second-order valence-corrected chi connectivity index (χ2v) is 7.07. The van der Waals surface area contributed by atoms with Crippen molar-refractivity contribution in [2.24, 2.45) is 5.92 Å². The van der Waals surface area contributed by atoms with E-state index in [1.165, 1.54) is 0 Å². The van der Waals surface area contributed by atoms with E-state index in [9.17, 15) is 14.7 Å². The van der Waals surface area contributed by atoms with Crippen LogP contribution in [0.4, 0.5) is 0 Å². The predicted octanol–water partition coefficient (Wildman–Crippen LogP) is 3.45. The van der Waals surface area contributed by atoms with Crippen LogP contribution in [-0.2, 0) is 22.7 Å². The molecule has 0 aliphatic heterocycles. The molecular weight excluding hydrogens is 356 g/mol. The van der Waals surface area contributed by atoms with Crippen LogP contribution in [0.1, 0.15) is 19.4 Å². The molecule has 0 saturated carbocycles. The van der Waals surface area contributed by atoms with Crippen molar-refractivity contribution in [1.82, 2.24) is 9.88 Å². The van der Waals surface area contributed by atoms with E-state index in [0.29, 0.717) is 12.4 Å². The molecule has 0 bridgehead atoms. The number of hydrogen-bond acceptors (Lipinski definition) is 3. The second-order valence-electron chi connectivity index (χ2n) is 7.07. The summed E-state index contributed by atoms with van der Waals surface area (Å²) in [6.07, 6.45) is 1.82. The first-order chi connectivity index (χ1) is 13.4. The molecule has 28 heavy (non-hydrogen) atoms. The summed E-state index contributed by atoms with van der Waals surface area (Å²) in [7, 11) is 0. The third-order valence-electron chi connectivity index (χ3n) is 4.56. The number of amides is 1. The molecule has 146 valence electrons. The van der Waals surface area contributed by atoms with Crippen LogP contribution >= 0.6 is 0 Å². The first-order valence-corrected chi connectivity index (χ1v) is 9.22. The van der Waals surface area contributed by atoms with E-state index >= 15 is 0 Å². The molecule has 0 radical (unpaired) electrons. The fourth-order valence-corrected chi connectivity index (χ4v) is 3.02. The van der Waals surface area contributed by atoms with Gasteiger partial charge in [-0.05, 0) is 35.1 Å². The number of carboxylic acid groups (broad SMARTS) is 1. The Bertz CT molecular complexity index is 963. The van der Waals surface area contributed by atoms with E-state index in [2.05, 4.69) is 5.32 Å². The van der Waals surface area contributed by atoms with Gasteiger partial charge in [0.05, 0.1) is 5.52 Å². The van der Waals surface area contributed by atoms with Crippen molar-refractivity contribution in [3.63, 3.8) is 0 Å². The van der Waals surface area contributed by atoms with Crippen molar-refractivity contribution in [2.75, 3.05) is 0 Å². The number of rotatable bonds is 8. The Morgan fingerprint density at radius 1 is 1.11 bits per heavy atom. The Morgan fingerprint density at radius 2 is 1.86 bits per heavy atom. The van der Waals surface area contributed by atoms with Gasteiger partial charge in [-0.3, -0.25) is 4.79 Å². The monoisotopic (exact) mass is 380 g/mol. The zero-order valence-electron chi connectivity index (χ0n) is 16.0. The number of hydrogen-bond donors (Lipinski definition) is 2. The van der Waals surface area contributed by atoms with Gasteiger partial charge in [0.1, 0.15) is 24.9 Å². The zero-order valence-corrected chi connectivity index (χ0v) is 16.0. The number of carbonyl (C=O) groups excluding carboxylic acids is 1. The summed E-state index contributed by atoms with van der Waals surface area (Å²) in [5.74, 6) is -0.852. The van der Waals surface area contributed by atoms with Gasteiger partial charge in [-0.25, -0.2) is 4.79 Å². The van der Waals surface area contributed by atoms with Gasteiger partial charge < -0.3 is 19.7 Å². The van der Waals surface area contributed by atoms with E-state index in [1.54, 1.807) is 18.4 Å². The highest BCUT2D eigenvalue weighted by molar-refractivity contribution is 5.86. The molecule has 6 heteroatoms. The third kappa shape index (κ3) is 4.71. The lowest BCUT2D eigenvalue weighted by Gasteiger charge is -2.18. The molecule has 2 aromatic carbocycles. The first-order valence-electron chi connectivity index (χ1n) is 9.22. The molecule has 0 saturated heterocycles.